The Labute approximate surface area is 650 Å². The summed E-state index contributed by atoms with van der Waals surface area (Å²) in [6.45, 7) is 2.32. The number of unbranched alkanes of at least 4 members (excludes halogenated alkanes) is 29. The van der Waals surface area contributed by atoms with Crippen LogP contribution in [-0.4, -0.2) is 95.9 Å². The van der Waals surface area contributed by atoms with Crippen LogP contribution >= 0.6 is 15.6 Å². The molecule has 0 aliphatic carbocycles. The Morgan fingerprint density at radius 2 is 0.467 bits per heavy atom. The van der Waals surface area contributed by atoms with Crippen molar-refractivity contribution in [1.29, 1.82) is 0 Å². The van der Waals surface area contributed by atoms with Crippen LogP contribution in [0.5, 0.6) is 0 Å². The van der Waals surface area contributed by atoms with Gasteiger partial charge < -0.3 is 34.2 Å². The Balaban J connectivity index is 4.48. The highest BCUT2D eigenvalue weighted by atomic mass is 31.2. The van der Waals surface area contributed by atoms with Crippen LogP contribution < -0.4 is 0 Å². The Morgan fingerprint density at radius 1 is 0.262 bits per heavy atom. The van der Waals surface area contributed by atoms with Gasteiger partial charge >= 0.3 is 33.6 Å². The minimum atomic E-state index is -4.94. The number of allylic oxidation sites excluding steroid dienone is 26. The number of hydrogen-bond donors (Lipinski definition) is 4. The molecule has 0 fully saturated rings. The number of aliphatic hydroxyl groups excluding tert-OH is 2. The number of hydrogen-bond acceptors (Lipinski definition) is 14. The first kappa shape index (κ1) is 102. The molecule has 0 aliphatic heterocycles. The van der Waals surface area contributed by atoms with E-state index in [1.165, 1.54) is 89.9 Å². The standard InChI is InChI=1S/C89H150O16P2/c1-4-7-10-13-16-19-22-25-28-30-32-34-36-37-38-39-40-41-42-43-44-45-47-49-50-52-55-57-60-63-66-69-72-75-87(92)99-78-84(90)79-101-106(95,96)102-80-85(91)81-103-107(97,98)104-83-86(105-89(94)77-74-71-68-65-62-59-54-27-24-21-18-15-12-9-6-3)82-100-88(93)76-73-70-67-64-61-58-56-53-51-48-46-35-33-31-29-26-23-20-17-14-11-8-5-2/h7-12,16-21,25-29,32-35,37-38,48,51,54,84-86,90-91H,4-6,13-15,22-24,30-31,36,39-47,49-50,52-53,55-83H2,1-3H3,(H,95,96)(H,97,98)/b10-7-,11-8-,12-9-,19-16-,20-17-,21-18-,28-25-,29-26-,34-32-,35-33-,38-37-,51-48-,54-27-. The largest absolute Gasteiger partial charge is 0.472 e. The van der Waals surface area contributed by atoms with Crippen LogP contribution in [0.1, 0.15) is 329 Å². The molecule has 5 atom stereocenters. The Morgan fingerprint density at radius 3 is 0.738 bits per heavy atom. The van der Waals surface area contributed by atoms with Gasteiger partial charge in [-0.1, -0.05) is 326 Å². The molecule has 0 rings (SSSR count). The number of carbonyl (C=O) groups excluding carboxylic acids is 3. The number of rotatable bonds is 78. The number of ether oxygens (including phenoxy) is 3. The summed E-state index contributed by atoms with van der Waals surface area (Å²) in [5.41, 5.74) is 0. The zero-order valence-corrected chi connectivity index (χ0v) is 68.8. The second-order valence-corrected chi connectivity index (χ2v) is 30.4. The summed E-state index contributed by atoms with van der Waals surface area (Å²) in [4.78, 5) is 58.7. The molecule has 0 aromatic carbocycles. The number of phosphoric acid groups is 2. The fourth-order valence-electron chi connectivity index (χ4n) is 11.0. The summed E-state index contributed by atoms with van der Waals surface area (Å²) < 4.78 is 61.2. The van der Waals surface area contributed by atoms with E-state index in [0.29, 0.717) is 19.3 Å². The van der Waals surface area contributed by atoms with Crippen LogP contribution in [0.15, 0.2) is 158 Å². The third-order valence-corrected chi connectivity index (χ3v) is 19.1. The quantitative estimate of drug-likeness (QED) is 0.0146. The van der Waals surface area contributed by atoms with Crippen molar-refractivity contribution < 1.29 is 75.8 Å². The molecular weight excluding hydrogens is 1390 g/mol. The first-order valence-electron chi connectivity index (χ1n) is 41.8. The predicted molar refractivity (Wildman–Crippen MR) is 445 cm³/mol. The zero-order chi connectivity index (χ0) is 78.0. The number of aliphatic hydroxyl groups is 2. The molecule has 0 aromatic rings. The van der Waals surface area contributed by atoms with Gasteiger partial charge in [0.1, 0.15) is 25.4 Å². The number of carbonyl (C=O) groups is 3. The van der Waals surface area contributed by atoms with Gasteiger partial charge in [-0.05, 0) is 141 Å². The summed E-state index contributed by atoms with van der Waals surface area (Å²) in [7, 11) is -9.81. The first-order chi connectivity index (χ1) is 52.2. The van der Waals surface area contributed by atoms with Gasteiger partial charge in [0.05, 0.1) is 26.4 Å². The van der Waals surface area contributed by atoms with Crippen molar-refractivity contribution in [1.82, 2.24) is 0 Å². The summed E-state index contributed by atoms with van der Waals surface area (Å²) in [5, 5.41) is 20.7. The third-order valence-electron chi connectivity index (χ3n) is 17.2. The summed E-state index contributed by atoms with van der Waals surface area (Å²) in [5.74, 6) is -1.61. The monoisotopic (exact) mass is 1540 g/mol. The maximum Gasteiger partial charge on any atom is 0.472 e. The maximum absolute atomic E-state index is 13.0. The van der Waals surface area contributed by atoms with Crippen molar-refractivity contribution in [2.75, 3.05) is 39.6 Å². The third kappa shape index (κ3) is 82.0. The van der Waals surface area contributed by atoms with Crippen LogP contribution in [0.25, 0.3) is 0 Å². The second-order valence-electron chi connectivity index (χ2n) is 27.5. The molecule has 18 heteroatoms. The highest BCUT2D eigenvalue weighted by molar-refractivity contribution is 7.47. The molecule has 0 saturated carbocycles. The van der Waals surface area contributed by atoms with E-state index in [0.717, 1.165) is 180 Å². The SMILES string of the molecule is CC/C=C\C/C=C\C/C=C\C/C=C\C/C=C\CCCCCCCCCCCCCCCCCCCC(=O)OCC(O)COP(=O)(O)OCC(O)COP(=O)(O)OCC(COC(=O)CCCCCCCCC/C=C\C/C=C\C/C=C\C/C=C\C/C=C\CC)OC(=O)CCCCCCC/C=C\C/C=C\C/C=C\CC. The molecular formula is C89H150O16P2. The summed E-state index contributed by atoms with van der Waals surface area (Å²) >= 11 is 0. The molecule has 107 heavy (non-hydrogen) atoms. The van der Waals surface area contributed by atoms with Gasteiger partial charge in [-0.3, -0.25) is 32.5 Å². The van der Waals surface area contributed by atoms with Crippen LogP contribution in [-0.2, 0) is 55.8 Å². The first-order valence-corrected chi connectivity index (χ1v) is 44.8. The molecule has 0 heterocycles. The smallest absolute Gasteiger partial charge is 0.463 e. The van der Waals surface area contributed by atoms with Crippen LogP contribution in [0, 0.1) is 0 Å². The second kappa shape index (κ2) is 80.7. The minimum absolute atomic E-state index is 0.0785. The van der Waals surface area contributed by atoms with Crippen molar-refractivity contribution in [2.45, 2.75) is 347 Å². The molecule has 16 nitrogen and oxygen atoms in total. The molecule has 4 N–H and O–H groups in total. The van der Waals surface area contributed by atoms with Gasteiger partial charge in [0.2, 0.25) is 0 Å². The average molecular weight is 1540 g/mol. The molecule has 0 radical (unpaired) electrons. The van der Waals surface area contributed by atoms with Crippen LogP contribution in [0.2, 0.25) is 0 Å². The van der Waals surface area contributed by atoms with Crippen LogP contribution in [0.4, 0.5) is 0 Å². The number of esters is 3. The Kier molecular flexibility index (Phi) is 77.0. The summed E-state index contributed by atoms with van der Waals surface area (Å²) in [6, 6.07) is 0. The van der Waals surface area contributed by atoms with Crippen molar-refractivity contribution in [3.8, 4) is 0 Å². The molecule has 612 valence electrons. The van der Waals surface area contributed by atoms with E-state index in [9.17, 15) is 43.5 Å². The lowest BCUT2D eigenvalue weighted by Gasteiger charge is -2.21. The van der Waals surface area contributed by atoms with Gasteiger partial charge in [-0.2, -0.15) is 0 Å². The lowest BCUT2D eigenvalue weighted by Crippen LogP contribution is -2.30. The lowest BCUT2D eigenvalue weighted by molar-refractivity contribution is -0.161. The molecule has 0 bridgehead atoms. The summed E-state index contributed by atoms with van der Waals surface area (Å²) in [6.07, 6.45) is 102. The van der Waals surface area contributed by atoms with Gasteiger partial charge in [-0.25, -0.2) is 9.13 Å². The maximum atomic E-state index is 13.0. The molecule has 0 saturated heterocycles. The van der Waals surface area contributed by atoms with Gasteiger partial charge in [0.25, 0.3) is 0 Å². The van der Waals surface area contributed by atoms with Gasteiger partial charge in [-0.15, -0.1) is 0 Å². The van der Waals surface area contributed by atoms with E-state index in [4.69, 9.17) is 32.3 Å². The van der Waals surface area contributed by atoms with E-state index in [-0.39, 0.29) is 19.3 Å². The number of phosphoric ester groups is 2. The normalized spacial score (nSPS) is 14.7. The fourth-order valence-corrected chi connectivity index (χ4v) is 12.6. The van der Waals surface area contributed by atoms with E-state index in [1.807, 2.05) is 0 Å². The average Bonchev–Trinajstić information content (AvgIpc) is 0.908. The fraction of sp³-hybridized carbons (Fsp3) is 0.674. The minimum Gasteiger partial charge on any atom is -0.463 e. The zero-order valence-electron chi connectivity index (χ0n) is 67.0. The Hall–Kier alpha value is -4.83. The topological polar surface area (TPSA) is 231 Å². The van der Waals surface area contributed by atoms with E-state index in [2.05, 4.69) is 179 Å². The van der Waals surface area contributed by atoms with Gasteiger partial charge in [0, 0.05) is 19.3 Å². The van der Waals surface area contributed by atoms with E-state index in [1.54, 1.807) is 0 Å². The van der Waals surface area contributed by atoms with Crippen molar-refractivity contribution in [3.63, 3.8) is 0 Å². The highest BCUT2D eigenvalue weighted by Crippen LogP contribution is 2.45. The van der Waals surface area contributed by atoms with E-state index >= 15 is 0 Å². The highest BCUT2D eigenvalue weighted by Gasteiger charge is 2.29. The van der Waals surface area contributed by atoms with Gasteiger partial charge in [0.15, 0.2) is 6.10 Å². The van der Waals surface area contributed by atoms with Crippen molar-refractivity contribution >= 4 is 33.6 Å². The molecule has 0 spiro atoms. The lowest BCUT2D eigenvalue weighted by atomic mass is 10.0. The predicted octanol–water partition coefficient (Wildman–Crippen LogP) is 25.0. The van der Waals surface area contributed by atoms with Crippen LogP contribution in [0.3, 0.4) is 0 Å². The van der Waals surface area contributed by atoms with Crippen molar-refractivity contribution in [3.05, 3.63) is 158 Å². The molecule has 0 aliphatic rings. The Bertz CT molecular complexity index is 2580. The van der Waals surface area contributed by atoms with E-state index < -0.39 is 91.5 Å². The molecule has 0 amide bonds. The van der Waals surface area contributed by atoms with Crippen molar-refractivity contribution in [2.24, 2.45) is 0 Å². The molecule has 5 unspecified atom stereocenters. The molecule has 0 aromatic heterocycles.